The molecule has 0 aliphatic carbocycles. The van der Waals surface area contributed by atoms with Gasteiger partial charge in [0.2, 0.25) is 5.91 Å². The van der Waals surface area contributed by atoms with Gasteiger partial charge in [-0.3, -0.25) is 4.79 Å². The molecule has 19 heavy (non-hydrogen) atoms. The van der Waals surface area contributed by atoms with Crippen LogP contribution in [0.25, 0.3) is 0 Å². The smallest absolute Gasteiger partial charge is 0.330 e. The Kier molecular flexibility index (Phi) is 4.16. The third kappa shape index (κ3) is 3.12. The van der Waals surface area contributed by atoms with E-state index in [0.717, 1.165) is 6.54 Å². The van der Waals surface area contributed by atoms with Crippen molar-refractivity contribution >= 4 is 11.9 Å². The van der Waals surface area contributed by atoms with Crippen molar-refractivity contribution in [2.45, 2.75) is 13.0 Å². The number of carboxylic acid groups (broad SMARTS) is 1. The van der Waals surface area contributed by atoms with Crippen LogP contribution in [0.2, 0.25) is 0 Å². The van der Waals surface area contributed by atoms with Crippen molar-refractivity contribution in [2.75, 3.05) is 13.1 Å². The predicted octanol–water partition coefficient (Wildman–Crippen LogP) is 0.784. The fourth-order valence-electron chi connectivity index (χ4n) is 2.34. The van der Waals surface area contributed by atoms with Crippen molar-refractivity contribution in [1.82, 2.24) is 10.6 Å². The Bertz CT molecular complexity index is 461. The summed E-state index contributed by atoms with van der Waals surface area (Å²) >= 11 is 0. The fraction of sp³-hybridized carbons (Fsp3) is 0.429. The number of aliphatic carboxylic acids is 1. The van der Waals surface area contributed by atoms with E-state index in [2.05, 4.69) is 10.6 Å². The van der Waals surface area contributed by atoms with E-state index in [-0.39, 0.29) is 17.7 Å². The Morgan fingerprint density at radius 1 is 1.32 bits per heavy atom. The molecule has 1 aromatic carbocycles. The number of amides is 1. The van der Waals surface area contributed by atoms with E-state index in [1.165, 1.54) is 0 Å². The van der Waals surface area contributed by atoms with Gasteiger partial charge < -0.3 is 15.7 Å². The Morgan fingerprint density at radius 2 is 2.00 bits per heavy atom. The van der Waals surface area contributed by atoms with Gasteiger partial charge in [0.05, 0.1) is 5.92 Å². The molecule has 0 bridgehead atoms. The van der Waals surface area contributed by atoms with Crippen molar-refractivity contribution < 1.29 is 14.7 Å². The predicted molar refractivity (Wildman–Crippen MR) is 70.5 cm³/mol. The normalized spacial score (nSPS) is 23.8. The lowest BCUT2D eigenvalue weighted by Crippen LogP contribution is -2.39. The molecule has 1 aliphatic rings. The molecule has 1 amide bonds. The first-order chi connectivity index (χ1) is 9.09. The minimum absolute atomic E-state index is 0.162. The molecule has 3 atom stereocenters. The lowest BCUT2D eigenvalue weighted by molar-refractivity contribution is -0.142. The Hall–Kier alpha value is -1.88. The molecular weight excluding hydrogens is 244 g/mol. The van der Waals surface area contributed by atoms with E-state index in [1.54, 1.807) is 24.3 Å². The molecule has 5 heteroatoms. The summed E-state index contributed by atoms with van der Waals surface area (Å²) in [4.78, 5) is 23.4. The standard InChI is InChI=1S/C14H18N2O3/c1-9-7-15-8-11(9)13(17)16-12(14(18)19)10-5-3-2-4-6-10/h2-6,9,11-12,15H,7-8H2,1H3,(H,16,17)(H,18,19). The molecule has 3 N–H and O–H groups in total. The molecule has 2 rings (SSSR count). The summed E-state index contributed by atoms with van der Waals surface area (Å²) in [5, 5.41) is 15.0. The zero-order chi connectivity index (χ0) is 13.8. The minimum Gasteiger partial charge on any atom is -0.479 e. The van der Waals surface area contributed by atoms with Gasteiger partial charge in [0.25, 0.3) is 0 Å². The van der Waals surface area contributed by atoms with Gasteiger partial charge in [-0.25, -0.2) is 4.79 Å². The second kappa shape index (κ2) is 5.84. The second-order valence-electron chi connectivity index (χ2n) is 4.93. The molecule has 1 aromatic rings. The molecule has 102 valence electrons. The molecule has 1 aliphatic heterocycles. The number of rotatable bonds is 4. The van der Waals surface area contributed by atoms with Crippen LogP contribution in [0.3, 0.4) is 0 Å². The summed E-state index contributed by atoms with van der Waals surface area (Å²) in [6, 6.07) is 7.76. The first-order valence-corrected chi connectivity index (χ1v) is 6.38. The van der Waals surface area contributed by atoms with E-state index < -0.39 is 12.0 Å². The SMILES string of the molecule is CC1CNCC1C(=O)NC(C(=O)O)c1ccccc1. The number of carbonyl (C=O) groups excluding carboxylic acids is 1. The number of carbonyl (C=O) groups is 2. The lowest BCUT2D eigenvalue weighted by atomic mass is 9.96. The molecule has 1 heterocycles. The van der Waals surface area contributed by atoms with Crippen LogP contribution in [-0.2, 0) is 9.59 Å². The summed E-state index contributed by atoms with van der Waals surface area (Å²) in [5.74, 6) is -1.18. The van der Waals surface area contributed by atoms with Gasteiger partial charge in [0, 0.05) is 6.54 Å². The maximum Gasteiger partial charge on any atom is 0.330 e. The third-order valence-corrected chi connectivity index (χ3v) is 3.52. The Balaban J connectivity index is 2.09. The zero-order valence-corrected chi connectivity index (χ0v) is 10.8. The number of nitrogens with one attached hydrogen (secondary N) is 2. The van der Waals surface area contributed by atoms with Crippen molar-refractivity contribution in [3.63, 3.8) is 0 Å². The fourth-order valence-corrected chi connectivity index (χ4v) is 2.34. The van der Waals surface area contributed by atoms with Gasteiger partial charge in [0.15, 0.2) is 6.04 Å². The highest BCUT2D eigenvalue weighted by atomic mass is 16.4. The van der Waals surface area contributed by atoms with Crippen LogP contribution >= 0.6 is 0 Å². The van der Waals surface area contributed by atoms with Crippen LogP contribution in [-0.4, -0.2) is 30.1 Å². The van der Waals surface area contributed by atoms with E-state index >= 15 is 0 Å². The number of carboxylic acids is 1. The third-order valence-electron chi connectivity index (χ3n) is 3.52. The average Bonchev–Trinajstić information content (AvgIpc) is 2.82. The van der Waals surface area contributed by atoms with Gasteiger partial charge in [-0.15, -0.1) is 0 Å². The molecular formula is C14H18N2O3. The first-order valence-electron chi connectivity index (χ1n) is 6.38. The van der Waals surface area contributed by atoms with Gasteiger partial charge in [0.1, 0.15) is 0 Å². The summed E-state index contributed by atoms with van der Waals surface area (Å²) in [6.07, 6.45) is 0. The number of hydrogen-bond donors (Lipinski definition) is 3. The maximum absolute atomic E-state index is 12.1. The summed E-state index contributed by atoms with van der Waals surface area (Å²) in [7, 11) is 0. The molecule has 0 spiro atoms. The monoisotopic (exact) mass is 262 g/mol. The van der Waals surface area contributed by atoms with Gasteiger partial charge in [-0.2, -0.15) is 0 Å². The summed E-state index contributed by atoms with van der Waals surface area (Å²) in [5.41, 5.74) is 0.585. The largest absolute Gasteiger partial charge is 0.479 e. The molecule has 0 radical (unpaired) electrons. The first kappa shape index (κ1) is 13.5. The molecule has 1 saturated heterocycles. The van der Waals surface area contributed by atoms with E-state index in [4.69, 9.17) is 0 Å². The van der Waals surface area contributed by atoms with Crippen LogP contribution in [0.1, 0.15) is 18.5 Å². The molecule has 5 nitrogen and oxygen atoms in total. The topological polar surface area (TPSA) is 78.4 Å². The van der Waals surface area contributed by atoms with Crippen LogP contribution < -0.4 is 10.6 Å². The lowest BCUT2D eigenvalue weighted by Gasteiger charge is -2.19. The van der Waals surface area contributed by atoms with Gasteiger partial charge in [-0.1, -0.05) is 37.3 Å². The van der Waals surface area contributed by atoms with E-state index in [0.29, 0.717) is 12.1 Å². The van der Waals surface area contributed by atoms with Gasteiger partial charge >= 0.3 is 5.97 Å². The van der Waals surface area contributed by atoms with Crippen molar-refractivity contribution in [3.05, 3.63) is 35.9 Å². The minimum atomic E-state index is -1.04. The van der Waals surface area contributed by atoms with E-state index in [1.807, 2.05) is 13.0 Å². The molecule has 0 saturated carbocycles. The van der Waals surface area contributed by atoms with Crippen molar-refractivity contribution in [3.8, 4) is 0 Å². The van der Waals surface area contributed by atoms with Crippen molar-refractivity contribution in [1.29, 1.82) is 0 Å². The molecule has 0 aromatic heterocycles. The highest BCUT2D eigenvalue weighted by molar-refractivity contribution is 5.86. The Morgan fingerprint density at radius 3 is 2.53 bits per heavy atom. The highest BCUT2D eigenvalue weighted by Gasteiger charge is 2.32. The average molecular weight is 262 g/mol. The van der Waals surface area contributed by atoms with Gasteiger partial charge in [-0.05, 0) is 18.0 Å². The quantitative estimate of drug-likeness (QED) is 0.749. The summed E-state index contributed by atoms with van der Waals surface area (Å²) < 4.78 is 0. The second-order valence-corrected chi connectivity index (χ2v) is 4.93. The van der Waals surface area contributed by atoms with Crippen LogP contribution in [0.5, 0.6) is 0 Å². The highest BCUT2D eigenvalue weighted by Crippen LogP contribution is 2.19. The number of benzene rings is 1. The van der Waals surface area contributed by atoms with Crippen LogP contribution in [0, 0.1) is 11.8 Å². The van der Waals surface area contributed by atoms with Crippen molar-refractivity contribution in [2.24, 2.45) is 11.8 Å². The molecule has 3 unspecified atom stereocenters. The molecule has 1 fully saturated rings. The van der Waals surface area contributed by atoms with Crippen LogP contribution in [0.15, 0.2) is 30.3 Å². The summed E-state index contributed by atoms with van der Waals surface area (Å²) in [6.45, 7) is 3.39. The maximum atomic E-state index is 12.1. The zero-order valence-electron chi connectivity index (χ0n) is 10.8. The Labute approximate surface area is 112 Å². The number of hydrogen-bond acceptors (Lipinski definition) is 3. The van der Waals surface area contributed by atoms with Crippen LogP contribution in [0.4, 0.5) is 0 Å². The van der Waals surface area contributed by atoms with E-state index in [9.17, 15) is 14.7 Å².